The van der Waals surface area contributed by atoms with Crippen LogP contribution in [0.1, 0.15) is 22.6 Å². The standard InChI is InChI=1S/C20H18N4O2S/c1-12-5-4-6-15(8-12)18-21-17(26-24-18)11-27-20-23-22-19(25-20)16-9-13(2)7-14(3)10-16/h4-10H,11H2,1-3H3. The molecule has 0 aliphatic heterocycles. The maximum atomic E-state index is 5.76. The van der Waals surface area contributed by atoms with Crippen LogP contribution in [0.15, 0.2) is 56.6 Å². The van der Waals surface area contributed by atoms with Gasteiger partial charge in [0.05, 0.1) is 5.75 Å². The molecule has 0 aliphatic carbocycles. The Morgan fingerprint density at radius 3 is 2.44 bits per heavy atom. The quantitative estimate of drug-likeness (QED) is 0.452. The van der Waals surface area contributed by atoms with Crippen molar-refractivity contribution in [3.8, 4) is 22.8 Å². The van der Waals surface area contributed by atoms with Crippen molar-refractivity contribution in [3.05, 3.63) is 65.0 Å². The lowest BCUT2D eigenvalue weighted by Crippen LogP contribution is -1.84. The molecule has 7 heteroatoms. The zero-order valence-electron chi connectivity index (χ0n) is 15.3. The molecule has 0 unspecified atom stereocenters. The van der Waals surface area contributed by atoms with E-state index in [1.54, 1.807) is 0 Å². The van der Waals surface area contributed by atoms with Gasteiger partial charge in [-0.3, -0.25) is 0 Å². The van der Waals surface area contributed by atoms with Gasteiger partial charge in [-0.05, 0) is 39.0 Å². The third-order valence-corrected chi connectivity index (χ3v) is 4.74. The van der Waals surface area contributed by atoms with Crippen LogP contribution in [0.5, 0.6) is 0 Å². The second-order valence-electron chi connectivity index (χ2n) is 6.42. The predicted molar refractivity (Wildman–Crippen MR) is 103 cm³/mol. The molecule has 0 amide bonds. The Balaban J connectivity index is 1.45. The minimum atomic E-state index is 0.466. The van der Waals surface area contributed by atoms with Crippen molar-refractivity contribution in [3.63, 3.8) is 0 Å². The third kappa shape index (κ3) is 4.09. The van der Waals surface area contributed by atoms with E-state index in [1.807, 2.05) is 57.2 Å². The molecule has 0 aliphatic rings. The van der Waals surface area contributed by atoms with E-state index in [2.05, 4.69) is 26.4 Å². The van der Waals surface area contributed by atoms with E-state index in [4.69, 9.17) is 8.94 Å². The fourth-order valence-corrected chi connectivity index (χ4v) is 3.42. The minimum absolute atomic E-state index is 0.466. The van der Waals surface area contributed by atoms with Gasteiger partial charge in [0.1, 0.15) is 0 Å². The van der Waals surface area contributed by atoms with Gasteiger partial charge < -0.3 is 8.94 Å². The van der Waals surface area contributed by atoms with Crippen molar-refractivity contribution in [2.75, 3.05) is 0 Å². The van der Waals surface area contributed by atoms with Crippen LogP contribution in [0.25, 0.3) is 22.8 Å². The maximum absolute atomic E-state index is 5.76. The lowest BCUT2D eigenvalue weighted by atomic mass is 10.1. The second kappa shape index (κ2) is 7.36. The zero-order chi connectivity index (χ0) is 18.8. The SMILES string of the molecule is Cc1cccc(-c2noc(CSc3nnc(-c4cc(C)cc(C)c4)o3)n2)c1. The van der Waals surface area contributed by atoms with E-state index >= 15 is 0 Å². The molecule has 0 saturated carbocycles. The average molecular weight is 378 g/mol. The van der Waals surface area contributed by atoms with Crippen LogP contribution in [0.4, 0.5) is 0 Å². The highest BCUT2D eigenvalue weighted by atomic mass is 32.2. The maximum Gasteiger partial charge on any atom is 0.277 e. The summed E-state index contributed by atoms with van der Waals surface area (Å²) in [6.07, 6.45) is 0. The molecule has 0 bridgehead atoms. The van der Waals surface area contributed by atoms with Gasteiger partial charge in [-0.15, -0.1) is 10.2 Å². The van der Waals surface area contributed by atoms with Crippen LogP contribution in [-0.2, 0) is 5.75 Å². The lowest BCUT2D eigenvalue weighted by Gasteiger charge is -1.99. The molecule has 0 spiro atoms. The van der Waals surface area contributed by atoms with Gasteiger partial charge in [-0.2, -0.15) is 4.98 Å². The number of nitrogens with zero attached hydrogens (tertiary/aromatic N) is 4. The monoisotopic (exact) mass is 378 g/mol. The minimum Gasteiger partial charge on any atom is -0.411 e. The van der Waals surface area contributed by atoms with Gasteiger partial charge in [-0.25, -0.2) is 0 Å². The van der Waals surface area contributed by atoms with Gasteiger partial charge in [0.25, 0.3) is 5.22 Å². The van der Waals surface area contributed by atoms with E-state index in [9.17, 15) is 0 Å². The molecule has 0 fully saturated rings. The van der Waals surface area contributed by atoms with Gasteiger partial charge >= 0.3 is 0 Å². The Morgan fingerprint density at radius 1 is 0.889 bits per heavy atom. The van der Waals surface area contributed by atoms with Crippen LogP contribution < -0.4 is 0 Å². The van der Waals surface area contributed by atoms with Gasteiger partial charge in [-0.1, -0.05) is 57.9 Å². The normalized spacial score (nSPS) is 11.1. The van der Waals surface area contributed by atoms with Gasteiger partial charge in [0, 0.05) is 11.1 Å². The molecule has 2 aromatic carbocycles. The molecule has 0 N–H and O–H groups in total. The first kappa shape index (κ1) is 17.5. The first-order valence-electron chi connectivity index (χ1n) is 8.51. The second-order valence-corrected chi connectivity index (χ2v) is 7.35. The predicted octanol–water partition coefficient (Wildman–Crippen LogP) is 5.00. The summed E-state index contributed by atoms with van der Waals surface area (Å²) < 4.78 is 11.1. The number of aryl methyl sites for hydroxylation is 3. The highest BCUT2D eigenvalue weighted by Gasteiger charge is 2.13. The molecule has 2 aromatic heterocycles. The highest BCUT2D eigenvalue weighted by Crippen LogP contribution is 2.27. The molecule has 0 atom stereocenters. The molecule has 6 nitrogen and oxygen atoms in total. The molecule has 4 rings (SSSR count). The van der Waals surface area contributed by atoms with Crippen molar-refractivity contribution in [2.45, 2.75) is 31.7 Å². The van der Waals surface area contributed by atoms with Crippen LogP contribution in [0.3, 0.4) is 0 Å². The van der Waals surface area contributed by atoms with Crippen LogP contribution in [0, 0.1) is 20.8 Å². The number of hydrogen-bond acceptors (Lipinski definition) is 7. The summed E-state index contributed by atoms with van der Waals surface area (Å²) in [4.78, 5) is 4.44. The van der Waals surface area contributed by atoms with Crippen LogP contribution >= 0.6 is 11.8 Å². The van der Waals surface area contributed by atoms with Crippen LogP contribution in [-0.4, -0.2) is 20.3 Å². The lowest BCUT2D eigenvalue weighted by molar-refractivity contribution is 0.391. The number of aromatic nitrogens is 4. The summed E-state index contributed by atoms with van der Waals surface area (Å²) in [6.45, 7) is 6.12. The summed E-state index contributed by atoms with van der Waals surface area (Å²) in [6, 6.07) is 14.2. The number of benzene rings is 2. The van der Waals surface area contributed by atoms with Crippen molar-refractivity contribution in [1.82, 2.24) is 20.3 Å². The van der Waals surface area contributed by atoms with Crippen molar-refractivity contribution < 1.29 is 8.94 Å². The number of hydrogen-bond donors (Lipinski definition) is 0. The number of rotatable bonds is 5. The van der Waals surface area contributed by atoms with E-state index in [-0.39, 0.29) is 0 Å². The van der Waals surface area contributed by atoms with E-state index in [1.165, 1.54) is 11.8 Å². The molecule has 0 saturated heterocycles. The molecule has 0 radical (unpaired) electrons. The van der Waals surface area contributed by atoms with E-state index in [0.29, 0.717) is 28.6 Å². The van der Waals surface area contributed by atoms with Gasteiger partial charge in [0.15, 0.2) is 0 Å². The summed E-state index contributed by atoms with van der Waals surface area (Å²) in [5, 5.41) is 12.8. The Bertz CT molecular complexity index is 1070. The summed E-state index contributed by atoms with van der Waals surface area (Å²) in [5.41, 5.74) is 5.33. The fraction of sp³-hybridized carbons (Fsp3) is 0.200. The van der Waals surface area contributed by atoms with E-state index < -0.39 is 0 Å². The molecular formula is C20H18N4O2S. The highest BCUT2D eigenvalue weighted by molar-refractivity contribution is 7.98. The Hall–Kier alpha value is -2.93. The van der Waals surface area contributed by atoms with Crippen molar-refractivity contribution >= 4 is 11.8 Å². The first-order chi connectivity index (χ1) is 13.1. The van der Waals surface area contributed by atoms with E-state index in [0.717, 1.165) is 27.8 Å². The Morgan fingerprint density at radius 2 is 1.67 bits per heavy atom. The summed E-state index contributed by atoms with van der Waals surface area (Å²) in [7, 11) is 0. The summed E-state index contributed by atoms with van der Waals surface area (Å²) in [5.74, 6) is 2.07. The third-order valence-electron chi connectivity index (χ3n) is 3.94. The largest absolute Gasteiger partial charge is 0.411 e. The molecule has 4 aromatic rings. The number of thioether (sulfide) groups is 1. The summed E-state index contributed by atoms with van der Waals surface area (Å²) >= 11 is 1.37. The molecular weight excluding hydrogens is 360 g/mol. The zero-order valence-corrected chi connectivity index (χ0v) is 16.1. The molecule has 136 valence electrons. The Labute approximate surface area is 161 Å². The van der Waals surface area contributed by atoms with Crippen molar-refractivity contribution in [2.24, 2.45) is 0 Å². The molecule has 27 heavy (non-hydrogen) atoms. The molecule has 2 heterocycles. The van der Waals surface area contributed by atoms with Crippen LogP contribution in [0.2, 0.25) is 0 Å². The average Bonchev–Trinajstić information content (AvgIpc) is 3.29. The smallest absolute Gasteiger partial charge is 0.277 e. The topological polar surface area (TPSA) is 77.8 Å². The fourth-order valence-electron chi connectivity index (χ4n) is 2.82. The Kier molecular flexibility index (Phi) is 4.77. The van der Waals surface area contributed by atoms with Gasteiger partial charge in [0.2, 0.25) is 17.6 Å². The van der Waals surface area contributed by atoms with Crippen molar-refractivity contribution in [1.29, 1.82) is 0 Å². The first-order valence-corrected chi connectivity index (χ1v) is 9.50.